The largest absolute Gasteiger partial charge is 0.418 e. The second-order valence-corrected chi connectivity index (χ2v) is 6.15. The number of nitrogens with one attached hydrogen (secondary N) is 1. The Bertz CT molecular complexity index is 579. The standard InChI is InChI=1S/C16H18F3N3/c17-16(18,19)13-5-1-2-6-15(13)21-14-7-3-4-11-8-22(10-20)9-12(11)14/h1-2,5-6,11-12,14,21H,3-4,7-9H2/t11-,12+,14-/m1/s1. The Hall–Kier alpha value is -1.90. The van der Waals surface area contributed by atoms with Gasteiger partial charge in [0.1, 0.15) is 0 Å². The summed E-state index contributed by atoms with van der Waals surface area (Å²) in [5, 5.41) is 12.2. The fourth-order valence-electron chi connectivity index (χ4n) is 3.79. The van der Waals surface area contributed by atoms with E-state index in [9.17, 15) is 13.2 Å². The van der Waals surface area contributed by atoms with Crippen LogP contribution in [-0.4, -0.2) is 24.0 Å². The summed E-state index contributed by atoms with van der Waals surface area (Å²) < 4.78 is 39.3. The van der Waals surface area contributed by atoms with Gasteiger partial charge in [-0.15, -0.1) is 0 Å². The number of hydrogen-bond acceptors (Lipinski definition) is 3. The number of fused-ring (bicyclic) bond motifs is 1. The number of benzene rings is 1. The van der Waals surface area contributed by atoms with Crippen LogP contribution in [0.15, 0.2) is 24.3 Å². The van der Waals surface area contributed by atoms with Gasteiger partial charge < -0.3 is 10.2 Å². The predicted molar refractivity (Wildman–Crippen MR) is 76.9 cm³/mol. The molecule has 0 bridgehead atoms. The molecule has 0 radical (unpaired) electrons. The molecule has 1 aromatic rings. The third-order valence-corrected chi connectivity index (χ3v) is 4.81. The van der Waals surface area contributed by atoms with Gasteiger partial charge in [-0.1, -0.05) is 18.6 Å². The molecule has 1 aliphatic carbocycles. The Morgan fingerprint density at radius 2 is 1.95 bits per heavy atom. The molecule has 1 saturated heterocycles. The molecule has 2 fully saturated rings. The van der Waals surface area contributed by atoms with Gasteiger partial charge >= 0.3 is 6.18 Å². The summed E-state index contributed by atoms with van der Waals surface area (Å²) in [6.45, 7) is 1.38. The smallest absolute Gasteiger partial charge is 0.381 e. The lowest BCUT2D eigenvalue weighted by atomic mass is 9.78. The highest BCUT2D eigenvalue weighted by Crippen LogP contribution is 2.40. The minimum Gasteiger partial charge on any atom is -0.381 e. The topological polar surface area (TPSA) is 39.1 Å². The molecule has 1 saturated carbocycles. The predicted octanol–water partition coefficient (Wildman–Crippen LogP) is 3.70. The maximum absolute atomic E-state index is 13.1. The van der Waals surface area contributed by atoms with Crippen LogP contribution in [0.5, 0.6) is 0 Å². The van der Waals surface area contributed by atoms with Crippen molar-refractivity contribution < 1.29 is 13.2 Å². The second-order valence-electron chi connectivity index (χ2n) is 6.15. The van der Waals surface area contributed by atoms with Crippen molar-refractivity contribution in [3.63, 3.8) is 0 Å². The van der Waals surface area contributed by atoms with E-state index in [0.717, 1.165) is 31.9 Å². The van der Waals surface area contributed by atoms with E-state index < -0.39 is 11.7 Å². The number of hydrogen-bond donors (Lipinski definition) is 1. The number of anilines is 1. The summed E-state index contributed by atoms with van der Waals surface area (Å²) in [5.41, 5.74) is -0.469. The number of halogens is 3. The summed E-state index contributed by atoms with van der Waals surface area (Å²) in [6, 6.07) is 5.63. The second kappa shape index (κ2) is 5.71. The van der Waals surface area contributed by atoms with Crippen molar-refractivity contribution in [1.29, 1.82) is 5.26 Å². The van der Waals surface area contributed by atoms with Crippen LogP contribution in [0, 0.1) is 23.3 Å². The maximum Gasteiger partial charge on any atom is 0.418 e. The maximum atomic E-state index is 13.1. The van der Waals surface area contributed by atoms with Gasteiger partial charge in [0.2, 0.25) is 0 Å². The van der Waals surface area contributed by atoms with Gasteiger partial charge in [-0.3, -0.25) is 0 Å². The number of para-hydroxylation sites is 1. The lowest BCUT2D eigenvalue weighted by Crippen LogP contribution is -2.37. The number of nitrogens with zero attached hydrogens (tertiary/aromatic N) is 2. The summed E-state index contributed by atoms with van der Waals surface area (Å²) in [7, 11) is 0. The van der Waals surface area contributed by atoms with Crippen LogP contribution in [0.25, 0.3) is 0 Å². The van der Waals surface area contributed by atoms with E-state index in [1.165, 1.54) is 12.1 Å². The van der Waals surface area contributed by atoms with Crippen molar-refractivity contribution in [2.75, 3.05) is 18.4 Å². The van der Waals surface area contributed by atoms with Gasteiger partial charge in [0.15, 0.2) is 6.19 Å². The quantitative estimate of drug-likeness (QED) is 0.847. The zero-order valence-corrected chi connectivity index (χ0v) is 12.1. The van der Waals surface area contributed by atoms with Crippen LogP contribution < -0.4 is 5.32 Å². The van der Waals surface area contributed by atoms with Crippen molar-refractivity contribution in [2.45, 2.75) is 31.5 Å². The molecule has 1 aliphatic heterocycles. The molecule has 22 heavy (non-hydrogen) atoms. The molecule has 3 nitrogen and oxygen atoms in total. The average molecular weight is 309 g/mol. The van der Waals surface area contributed by atoms with Gasteiger partial charge in [-0.25, -0.2) is 0 Å². The monoisotopic (exact) mass is 309 g/mol. The molecule has 1 N–H and O–H groups in total. The molecule has 1 heterocycles. The van der Waals surface area contributed by atoms with E-state index >= 15 is 0 Å². The lowest BCUT2D eigenvalue weighted by Gasteiger charge is -2.34. The first kappa shape index (κ1) is 15.0. The number of likely N-dealkylation sites (tertiary alicyclic amines) is 1. The Morgan fingerprint density at radius 1 is 1.18 bits per heavy atom. The molecule has 3 atom stereocenters. The van der Waals surface area contributed by atoms with E-state index in [1.54, 1.807) is 11.0 Å². The summed E-state index contributed by atoms with van der Waals surface area (Å²) in [5.74, 6) is 0.652. The van der Waals surface area contributed by atoms with E-state index in [0.29, 0.717) is 12.5 Å². The molecule has 2 aliphatic rings. The normalized spacial score (nSPS) is 28.1. The molecule has 0 spiro atoms. The zero-order valence-electron chi connectivity index (χ0n) is 12.1. The van der Waals surface area contributed by atoms with Gasteiger partial charge in [0, 0.05) is 30.7 Å². The van der Waals surface area contributed by atoms with Crippen LogP contribution in [0.1, 0.15) is 24.8 Å². The van der Waals surface area contributed by atoms with Crippen LogP contribution in [0.4, 0.5) is 18.9 Å². The number of alkyl halides is 3. The third kappa shape index (κ3) is 2.85. The molecule has 6 heteroatoms. The van der Waals surface area contributed by atoms with Gasteiger partial charge in [0.25, 0.3) is 0 Å². The SMILES string of the molecule is N#CN1C[C@H]2CCC[C@@H](Nc3ccccc3C(F)(F)F)[C@H]2C1. The van der Waals surface area contributed by atoms with Crippen molar-refractivity contribution >= 4 is 5.69 Å². The minimum absolute atomic E-state index is 0.000556. The summed E-state index contributed by atoms with van der Waals surface area (Å²) >= 11 is 0. The molecule has 3 rings (SSSR count). The molecule has 0 amide bonds. The average Bonchev–Trinajstić information content (AvgIpc) is 2.91. The Kier molecular flexibility index (Phi) is 3.90. The third-order valence-electron chi connectivity index (χ3n) is 4.81. The van der Waals surface area contributed by atoms with Gasteiger partial charge in [-0.2, -0.15) is 18.4 Å². The molecule has 1 aromatic carbocycles. The number of rotatable bonds is 2. The first-order valence-electron chi connectivity index (χ1n) is 7.56. The van der Waals surface area contributed by atoms with E-state index in [4.69, 9.17) is 5.26 Å². The highest BCUT2D eigenvalue weighted by atomic mass is 19.4. The molecule has 0 aromatic heterocycles. The molecular weight excluding hydrogens is 291 g/mol. The fraction of sp³-hybridized carbons (Fsp3) is 0.562. The first-order valence-corrected chi connectivity index (χ1v) is 7.56. The molecular formula is C16H18F3N3. The number of nitriles is 1. The fourth-order valence-corrected chi connectivity index (χ4v) is 3.79. The summed E-state index contributed by atoms with van der Waals surface area (Å²) in [6.07, 6.45) is 0.714. The van der Waals surface area contributed by atoms with Crippen molar-refractivity contribution in [2.24, 2.45) is 11.8 Å². The Balaban J connectivity index is 1.80. The van der Waals surface area contributed by atoms with Gasteiger partial charge in [-0.05, 0) is 30.9 Å². The van der Waals surface area contributed by atoms with Crippen molar-refractivity contribution in [3.05, 3.63) is 29.8 Å². The lowest BCUT2D eigenvalue weighted by molar-refractivity contribution is -0.137. The highest BCUT2D eigenvalue weighted by Gasteiger charge is 2.41. The Labute approximate surface area is 127 Å². The Morgan fingerprint density at radius 3 is 2.68 bits per heavy atom. The van der Waals surface area contributed by atoms with Crippen molar-refractivity contribution in [3.8, 4) is 6.19 Å². The minimum atomic E-state index is -4.36. The molecule has 118 valence electrons. The van der Waals surface area contributed by atoms with Crippen molar-refractivity contribution in [1.82, 2.24) is 4.90 Å². The highest BCUT2D eigenvalue weighted by molar-refractivity contribution is 5.53. The van der Waals surface area contributed by atoms with Gasteiger partial charge in [0.05, 0.1) is 5.56 Å². The van der Waals surface area contributed by atoms with Crippen LogP contribution in [-0.2, 0) is 6.18 Å². The first-order chi connectivity index (χ1) is 10.5. The van der Waals surface area contributed by atoms with E-state index in [2.05, 4.69) is 11.5 Å². The van der Waals surface area contributed by atoms with Crippen LogP contribution in [0.2, 0.25) is 0 Å². The zero-order chi connectivity index (χ0) is 15.7. The summed E-state index contributed by atoms with van der Waals surface area (Å²) in [4.78, 5) is 1.73. The van der Waals surface area contributed by atoms with Crippen LogP contribution >= 0.6 is 0 Å². The molecule has 0 unspecified atom stereocenters. The van der Waals surface area contributed by atoms with E-state index in [-0.39, 0.29) is 17.6 Å². The van der Waals surface area contributed by atoms with E-state index in [1.807, 2.05) is 0 Å². The van der Waals surface area contributed by atoms with Crippen LogP contribution in [0.3, 0.4) is 0 Å².